The van der Waals surface area contributed by atoms with Crippen LogP contribution in [0.25, 0.3) is 10.9 Å². The topological polar surface area (TPSA) is 64.3 Å². The summed E-state index contributed by atoms with van der Waals surface area (Å²) in [7, 11) is 1.53. The van der Waals surface area contributed by atoms with Gasteiger partial charge < -0.3 is 4.90 Å². The Morgan fingerprint density at radius 2 is 1.44 bits per heavy atom. The minimum Gasteiger partial charge on any atom is -0.314 e. The van der Waals surface area contributed by atoms with Gasteiger partial charge in [0.2, 0.25) is 5.91 Å². The number of rotatable bonds is 5. The Kier molecular flexibility index (Phi) is 5.68. The summed E-state index contributed by atoms with van der Waals surface area (Å²) in [5.41, 5.74) is 0.221. The maximum atomic E-state index is 13.2. The van der Waals surface area contributed by atoms with Gasteiger partial charge in [-0.1, -0.05) is 24.3 Å². The van der Waals surface area contributed by atoms with Gasteiger partial charge in [-0.05, 0) is 54.1 Å². The summed E-state index contributed by atoms with van der Waals surface area (Å²) in [5.74, 6) is -1.27. The Morgan fingerprint density at radius 1 is 0.844 bits per heavy atom. The predicted molar refractivity (Wildman–Crippen MR) is 118 cm³/mol. The van der Waals surface area contributed by atoms with E-state index < -0.39 is 28.8 Å². The Labute approximate surface area is 181 Å². The summed E-state index contributed by atoms with van der Waals surface area (Å²) in [4.78, 5) is 40.5. The molecule has 0 fully saturated rings. The average Bonchev–Trinajstić information content (AvgIpc) is 2.80. The van der Waals surface area contributed by atoms with Crippen LogP contribution in [0.1, 0.15) is 5.56 Å². The maximum Gasteiger partial charge on any atom is 0.332 e. The van der Waals surface area contributed by atoms with Gasteiger partial charge in [-0.3, -0.25) is 18.7 Å². The maximum absolute atomic E-state index is 13.2. The van der Waals surface area contributed by atoms with Crippen LogP contribution >= 0.6 is 0 Å². The fourth-order valence-corrected chi connectivity index (χ4v) is 3.49. The molecule has 0 radical (unpaired) electrons. The Hall–Kier alpha value is -4.07. The van der Waals surface area contributed by atoms with Crippen LogP contribution in [0.2, 0.25) is 0 Å². The van der Waals surface area contributed by atoms with Crippen molar-refractivity contribution < 1.29 is 13.6 Å². The smallest absolute Gasteiger partial charge is 0.314 e. The molecule has 0 bridgehead atoms. The second-order valence-electron chi connectivity index (χ2n) is 7.33. The van der Waals surface area contributed by atoms with Crippen molar-refractivity contribution in [1.82, 2.24) is 9.13 Å². The molecule has 6 nitrogen and oxygen atoms in total. The zero-order valence-corrected chi connectivity index (χ0v) is 17.2. The van der Waals surface area contributed by atoms with Crippen LogP contribution in [0, 0.1) is 11.6 Å². The summed E-state index contributed by atoms with van der Waals surface area (Å²) < 4.78 is 28.7. The quantitative estimate of drug-likeness (QED) is 0.484. The summed E-state index contributed by atoms with van der Waals surface area (Å²) in [6.45, 7) is -0.387. The fraction of sp³-hybridized carbons (Fsp3) is 0.125. The number of aromatic nitrogens is 2. The van der Waals surface area contributed by atoms with Gasteiger partial charge in [-0.2, -0.15) is 0 Å². The highest BCUT2D eigenvalue weighted by molar-refractivity contribution is 5.93. The van der Waals surface area contributed by atoms with Crippen molar-refractivity contribution in [2.75, 3.05) is 11.9 Å². The van der Waals surface area contributed by atoms with Crippen LogP contribution in [-0.4, -0.2) is 22.1 Å². The van der Waals surface area contributed by atoms with Crippen LogP contribution in [-0.2, 0) is 17.9 Å². The molecule has 0 N–H and O–H groups in total. The lowest BCUT2D eigenvalue weighted by molar-refractivity contribution is -0.118. The van der Waals surface area contributed by atoms with Crippen LogP contribution < -0.4 is 16.1 Å². The first-order chi connectivity index (χ1) is 15.3. The van der Waals surface area contributed by atoms with Crippen molar-refractivity contribution in [2.24, 2.45) is 0 Å². The molecule has 0 atom stereocenters. The van der Waals surface area contributed by atoms with Gasteiger partial charge in [-0.15, -0.1) is 0 Å². The van der Waals surface area contributed by atoms with Gasteiger partial charge >= 0.3 is 5.69 Å². The lowest BCUT2D eigenvalue weighted by Crippen LogP contribution is -2.43. The predicted octanol–water partition coefficient (Wildman–Crippen LogP) is 3.15. The normalized spacial score (nSPS) is 11.0. The van der Waals surface area contributed by atoms with Crippen LogP contribution in [0.4, 0.5) is 14.5 Å². The number of halogens is 2. The minimum absolute atomic E-state index is 0.0647. The van der Waals surface area contributed by atoms with E-state index >= 15 is 0 Å². The molecule has 0 unspecified atom stereocenters. The highest BCUT2D eigenvalue weighted by Crippen LogP contribution is 2.15. The fourth-order valence-electron chi connectivity index (χ4n) is 3.49. The largest absolute Gasteiger partial charge is 0.332 e. The third-order valence-electron chi connectivity index (χ3n) is 5.27. The van der Waals surface area contributed by atoms with E-state index in [4.69, 9.17) is 0 Å². The molecular weight excluding hydrogens is 416 g/mol. The Balaban J connectivity index is 1.77. The standard InChI is InChI=1S/C24H19F2N3O3/c1-27(19-12-10-18(26)11-13-19)22(30)15-28-21-5-3-2-4-20(21)23(31)29(24(28)32)14-16-6-8-17(25)9-7-16/h2-13H,14-15H2,1H3. The lowest BCUT2D eigenvalue weighted by atomic mass is 10.2. The molecule has 1 heterocycles. The zero-order chi connectivity index (χ0) is 22.8. The molecule has 3 aromatic carbocycles. The molecule has 0 spiro atoms. The number of para-hydroxylation sites is 1. The van der Waals surface area contributed by atoms with Gasteiger partial charge in [0.25, 0.3) is 5.56 Å². The SMILES string of the molecule is CN(C(=O)Cn1c(=O)n(Cc2ccc(F)cc2)c(=O)c2ccccc21)c1ccc(F)cc1. The monoisotopic (exact) mass is 435 g/mol. The van der Waals surface area contributed by atoms with E-state index in [0.29, 0.717) is 16.8 Å². The van der Waals surface area contributed by atoms with Gasteiger partial charge in [0.15, 0.2) is 0 Å². The van der Waals surface area contributed by atoms with Crippen molar-refractivity contribution in [3.63, 3.8) is 0 Å². The number of hydrogen-bond donors (Lipinski definition) is 0. The summed E-state index contributed by atoms with van der Waals surface area (Å²) in [5, 5.41) is 0.284. The van der Waals surface area contributed by atoms with Gasteiger partial charge in [0.1, 0.15) is 18.2 Å². The molecule has 0 saturated heterocycles. The summed E-state index contributed by atoms with van der Waals surface area (Å²) in [6.07, 6.45) is 0. The zero-order valence-electron chi connectivity index (χ0n) is 17.2. The number of benzene rings is 3. The second-order valence-corrected chi connectivity index (χ2v) is 7.33. The van der Waals surface area contributed by atoms with Crippen molar-refractivity contribution in [1.29, 1.82) is 0 Å². The molecule has 0 aliphatic rings. The molecule has 162 valence electrons. The number of anilines is 1. The molecule has 32 heavy (non-hydrogen) atoms. The number of hydrogen-bond acceptors (Lipinski definition) is 3. The van der Waals surface area contributed by atoms with Crippen molar-refractivity contribution in [2.45, 2.75) is 13.1 Å². The third kappa shape index (κ3) is 4.07. The van der Waals surface area contributed by atoms with Crippen molar-refractivity contribution >= 4 is 22.5 Å². The van der Waals surface area contributed by atoms with Crippen LogP contribution in [0.5, 0.6) is 0 Å². The highest BCUT2D eigenvalue weighted by Gasteiger charge is 2.18. The first-order valence-electron chi connectivity index (χ1n) is 9.84. The van der Waals surface area contributed by atoms with Crippen molar-refractivity contribution in [3.05, 3.63) is 111 Å². The van der Waals surface area contributed by atoms with Crippen LogP contribution in [0.3, 0.4) is 0 Å². The van der Waals surface area contributed by atoms with Gasteiger partial charge in [-0.25, -0.2) is 13.6 Å². The molecule has 1 amide bonds. The number of nitrogens with zero attached hydrogens (tertiary/aromatic N) is 3. The number of amides is 1. The number of carbonyl (C=O) groups is 1. The van der Waals surface area contributed by atoms with E-state index in [1.54, 1.807) is 24.3 Å². The summed E-state index contributed by atoms with van der Waals surface area (Å²) >= 11 is 0. The van der Waals surface area contributed by atoms with E-state index in [2.05, 4.69) is 0 Å². The molecule has 1 aromatic heterocycles. The average molecular weight is 435 g/mol. The molecule has 4 aromatic rings. The van der Waals surface area contributed by atoms with E-state index in [1.165, 1.54) is 65.0 Å². The Bertz CT molecular complexity index is 1410. The summed E-state index contributed by atoms with van der Waals surface area (Å²) in [6, 6.07) is 17.4. The first kappa shape index (κ1) is 21.2. The van der Waals surface area contributed by atoms with E-state index in [9.17, 15) is 23.2 Å². The second kappa shape index (κ2) is 8.58. The number of carbonyl (C=O) groups excluding carboxylic acids is 1. The minimum atomic E-state index is -0.654. The molecular formula is C24H19F2N3O3. The lowest BCUT2D eigenvalue weighted by Gasteiger charge is -2.19. The molecule has 8 heteroatoms. The number of likely N-dealkylation sites (N-methyl/N-ethyl adjacent to an activating group) is 1. The van der Waals surface area contributed by atoms with Gasteiger partial charge in [0.05, 0.1) is 17.4 Å². The van der Waals surface area contributed by atoms with E-state index in [1.807, 2.05) is 0 Å². The third-order valence-corrected chi connectivity index (χ3v) is 5.27. The van der Waals surface area contributed by atoms with E-state index in [0.717, 1.165) is 4.57 Å². The molecule has 0 saturated carbocycles. The molecule has 0 aliphatic heterocycles. The number of fused-ring (bicyclic) bond motifs is 1. The molecule has 0 aliphatic carbocycles. The van der Waals surface area contributed by atoms with Crippen molar-refractivity contribution in [3.8, 4) is 0 Å². The van der Waals surface area contributed by atoms with Gasteiger partial charge in [0, 0.05) is 12.7 Å². The van der Waals surface area contributed by atoms with Crippen LogP contribution in [0.15, 0.2) is 82.4 Å². The molecule has 4 rings (SSSR count). The highest BCUT2D eigenvalue weighted by atomic mass is 19.1. The first-order valence-corrected chi connectivity index (χ1v) is 9.84. The van der Waals surface area contributed by atoms with E-state index in [-0.39, 0.29) is 18.5 Å². The Morgan fingerprint density at radius 3 is 2.09 bits per heavy atom.